The van der Waals surface area contributed by atoms with Gasteiger partial charge in [0.2, 0.25) is 5.95 Å². The van der Waals surface area contributed by atoms with Crippen LogP contribution in [-0.2, 0) is 20.1 Å². The minimum absolute atomic E-state index is 0.189. The van der Waals surface area contributed by atoms with E-state index in [1.807, 2.05) is 36.4 Å². The van der Waals surface area contributed by atoms with E-state index in [9.17, 15) is 9.18 Å². The third kappa shape index (κ3) is 5.17. The van der Waals surface area contributed by atoms with Crippen molar-refractivity contribution in [1.29, 1.82) is 0 Å². The van der Waals surface area contributed by atoms with Gasteiger partial charge in [-0.2, -0.15) is 0 Å². The van der Waals surface area contributed by atoms with E-state index in [0.717, 1.165) is 12.0 Å². The number of benzene rings is 2. The second kappa shape index (κ2) is 10.2. The summed E-state index contributed by atoms with van der Waals surface area (Å²) < 4.78 is 14.8. The summed E-state index contributed by atoms with van der Waals surface area (Å²) in [5.41, 5.74) is 4.03. The molecule has 4 aromatic rings. The minimum Gasteiger partial charge on any atom is -0.355 e. The topological polar surface area (TPSA) is 59.8 Å². The van der Waals surface area contributed by atoms with Gasteiger partial charge in [0, 0.05) is 31.5 Å². The summed E-state index contributed by atoms with van der Waals surface area (Å²) >= 11 is 0. The van der Waals surface area contributed by atoms with Gasteiger partial charge in [0.25, 0.3) is 5.56 Å². The summed E-state index contributed by atoms with van der Waals surface area (Å²) in [7, 11) is 1.71. The number of rotatable bonds is 8. The number of alkyl halides is 1. The minimum atomic E-state index is -0.592. The second-order valence-electron chi connectivity index (χ2n) is 8.27. The van der Waals surface area contributed by atoms with Gasteiger partial charge in [0.15, 0.2) is 0 Å². The predicted octanol–water partition coefficient (Wildman–Crippen LogP) is 5.27. The van der Waals surface area contributed by atoms with Gasteiger partial charge in [-0.15, -0.1) is 0 Å². The maximum atomic E-state index is 13.5. The fourth-order valence-electron chi connectivity index (χ4n) is 3.90. The van der Waals surface area contributed by atoms with Crippen molar-refractivity contribution in [3.8, 4) is 22.4 Å². The van der Waals surface area contributed by atoms with Gasteiger partial charge < -0.3 is 5.32 Å². The first-order valence-corrected chi connectivity index (χ1v) is 11.0. The highest BCUT2D eigenvalue weighted by Gasteiger charge is 2.19. The molecule has 0 saturated heterocycles. The first kappa shape index (κ1) is 22.4. The average Bonchev–Trinajstić information content (AvgIpc) is 2.86. The van der Waals surface area contributed by atoms with Crippen molar-refractivity contribution in [1.82, 2.24) is 14.5 Å². The molecule has 2 aromatic heterocycles. The van der Waals surface area contributed by atoms with E-state index < -0.39 is 6.67 Å². The highest BCUT2D eigenvalue weighted by molar-refractivity contribution is 5.81. The maximum Gasteiger partial charge on any atom is 0.263 e. The zero-order valence-electron chi connectivity index (χ0n) is 18.8. The second-order valence-corrected chi connectivity index (χ2v) is 8.27. The van der Waals surface area contributed by atoms with E-state index in [2.05, 4.69) is 29.4 Å². The molecule has 2 aromatic carbocycles. The molecule has 1 unspecified atom stereocenters. The predicted molar refractivity (Wildman–Crippen MR) is 131 cm³/mol. The van der Waals surface area contributed by atoms with Gasteiger partial charge in [-0.3, -0.25) is 14.3 Å². The lowest BCUT2D eigenvalue weighted by molar-refractivity contribution is 0.485. The molecule has 0 radical (unpaired) electrons. The van der Waals surface area contributed by atoms with Crippen molar-refractivity contribution in [2.45, 2.75) is 20.0 Å². The van der Waals surface area contributed by atoms with Crippen molar-refractivity contribution in [2.75, 3.05) is 11.9 Å². The number of hydrogen-bond donors (Lipinski definition) is 1. The van der Waals surface area contributed by atoms with E-state index in [1.54, 1.807) is 37.6 Å². The number of anilines is 1. The van der Waals surface area contributed by atoms with Crippen molar-refractivity contribution in [2.24, 2.45) is 13.0 Å². The zero-order valence-corrected chi connectivity index (χ0v) is 18.8. The van der Waals surface area contributed by atoms with Crippen LogP contribution < -0.4 is 10.9 Å². The van der Waals surface area contributed by atoms with Crippen molar-refractivity contribution >= 4 is 5.95 Å². The molecule has 0 spiro atoms. The van der Waals surface area contributed by atoms with E-state index in [0.29, 0.717) is 40.8 Å². The molecular formula is C27H27FN4O. The lowest BCUT2D eigenvalue weighted by atomic mass is 9.99. The molecule has 5 nitrogen and oxygen atoms in total. The van der Waals surface area contributed by atoms with E-state index in [1.165, 1.54) is 10.1 Å². The molecule has 0 aliphatic rings. The third-order valence-electron chi connectivity index (χ3n) is 5.65. The molecular weight excluding hydrogens is 415 g/mol. The summed E-state index contributed by atoms with van der Waals surface area (Å²) in [5.74, 6) is 0.840. The van der Waals surface area contributed by atoms with Crippen LogP contribution in [0.25, 0.3) is 22.4 Å². The zero-order chi connectivity index (χ0) is 23.2. The summed E-state index contributed by atoms with van der Waals surface area (Å²) in [4.78, 5) is 22.4. The van der Waals surface area contributed by atoms with E-state index in [-0.39, 0.29) is 5.56 Å². The maximum absolute atomic E-state index is 13.5. The van der Waals surface area contributed by atoms with E-state index in [4.69, 9.17) is 4.98 Å². The lowest BCUT2D eigenvalue weighted by Gasteiger charge is -2.18. The molecule has 2 heterocycles. The van der Waals surface area contributed by atoms with Crippen LogP contribution in [0.4, 0.5) is 10.3 Å². The molecule has 1 atom stereocenters. The molecule has 168 valence electrons. The largest absolute Gasteiger partial charge is 0.355 e. The van der Waals surface area contributed by atoms with Gasteiger partial charge in [-0.1, -0.05) is 55.5 Å². The Kier molecular flexibility index (Phi) is 6.93. The Balaban J connectivity index is 1.71. The Labute approximate surface area is 193 Å². The number of nitrogens with one attached hydrogen (secondary N) is 1. The van der Waals surface area contributed by atoms with Crippen molar-refractivity contribution < 1.29 is 4.39 Å². The first-order valence-electron chi connectivity index (χ1n) is 11.0. The molecule has 33 heavy (non-hydrogen) atoms. The Bertz CT molecular complexity index is 1270. The number of hydrogen-bond acceptors (Lipinski definition) is 4. The highest BCUT2D eigenvalue weighted by atomic mass is 19.1. The van der Waals surface area contributed by atoms with Crippen LogP contribution in [0.15, 0.2) is 83.9 Å². The number of nitrogens with zero attached hydrogens (tertiary/aromatic N) is 3. The average molecular weight is 443 g/mol. The molecule has 1 N–H and O–H groups in total. The fourth-order valence-corrected chi connectivity index (χ4v) is 3.90. The van der Waals surface area contributed by atoms with Crippen molar-refractivity contribution in [3.05, 3.63) is 101 Å². The molecule has 0 aliphatic carbocycles. The highest BCUT2D eigenvalue weighted by Crippen LogP contribution is 2.29. The van der Waals surface area contributed by atoms with Gasteiger partial charge in [0.05, 0.1) is 11.3 Å². The Morgan fingerprint density at radius 1 is 0.970 bits per heavy atom. The van der Waals surface area contributed by atoms with Crippen LogP contribution in [0.2, 0.25) is 0 Å². The first-order chi connectivity index (χ1) is 16.1. The molecule has 0 aliphatic heterocycles. The number of aromatic nitrogens is 3. The van der Waals surface area contributed by atoms with Crippen LogP contribution in [0, 0.1) is 5.92 Å². The number of pyridine rings is 1. The third-order valence-corrected chi connectivity index (χ3v) is 5.65. The summed E-state index contributed by atoms with van der Waals surface area (Å²) in [6.07, 6.45) is 4.27. The molecule has 6 heteroatoms. The standard InChI is InChI=1S/C27H27FN4O/c1-19(15-20-7-4-3-5-8-20)18-30-27-31-25(22-11-13-29-14-12-22)24(26(33)32(27)2)23-10-6-9-21(16-23)17-28/h3-14,16,19H,15,17-18H2,1-2H3,(H,30,31). The molecule has 0 saturated carbocycles. The molecule has 0 fully saturated rings. The Morgan fingerprint density at radius 2 is 1.70 bits per heavy atom. The quantitative estimate of drug-likeness (QED) is 0.404. The molecule has 0 bridgehead atoms. The molecule has 4 rings (SSSR count). The summed E-state index contributed by atoms with van der Waals surface area (Å²) in [6, 6.07) is 21.0. The summed E-state index contributed by atoms with van der Waals surface area (Å²) in [6.45, 7) is 2.24. The normalized spacial score (nSPS) is 11.8. The van der Waals surface area contributed by atoms with Gasteiger partial charge in [0.1, 0.15) is 6.67 Å². The van der Waals surface area contributed by atoms with Crippen LogP contribution >= 0.6 is 0 Å². The van der Waals surface area contributed by atoms with Crippen molar-refractivity contribution in [3.63, 3.8) is 0 Å². The SMILES string of the molecule is CC(CNc1nc(-c2ccncc2)c(-c2cccc(CF)c2)c(=O)n1C)Cc1ccccc1. The Hall–Kier alpha value is -3.80. The molecule has 0 amide bonds. The van der Waals surface area contributed by atoms with Gasteiger partial charge >= 0.3 is 0 Å². The number of halogens is 1. The van der Waals surface area contributed by atoms with Crippen LogP contribution in [0.1, 0.15) is 18.1 Å². The lowest BCUT2D eigenvalue weighted by Crippen LogP contribution is -2.26. The Morgan fingerprint density at radius 3 is 2.42 bits per heavy atom. The van der Waals surface area contributed by atoms with Crippen LogP contribution in [-0.4, -0.2) is 21.1 Å². The van der Waals surface area contributed by atoms with Crippen LogP contribution in [0.3, 0.4) is 0 Å². The smallest absolute Gasteiger partial charge is 0.263 e. The van der Waals surface area contributed by atoms with Gasteiger partial charge in [-0.25, -0.2) is 9.37 Å². The fraction of sp³-hybridized carbons (Fsp3) is 0.222. The monoisotopic (exact) mass is 442 g/mol. The summed E-state index contributed by atoms with van der Waals surface area (Å²) in [5, 5.41) is 3.36. The van der Waals surface area contributed by atoms with Gasteiger partial charge in [-0.05, 0) is 47.2 Å². The van der Waals surface area contributed by atoms with E-state index >= 15 is 0 Å². The van der Waals surface area contributed by atoms with Crippen LogP contribution in [0.5, 0.6) is 0 Å².